The third-order valence-electron chi connectivity index (χ3n) is 6.01. The molecule has 3 heterocycles. The Labute approximate surface area is 239 Å². The van der Waals surface area contributed by atoms with Crippen molar-refractivity contribution < 1.29 is 33.4 Å². The van der Waals surface area contributed by atoms with E-state index in [0.717, 1.165) is 4.90 Å². The molecule has 4 rings (SSSR count). The maximum atomic E-state index is 14.5. The van der Waals surface area contributed by atoms with Crippen LogP contribution in [0.1, 0.15) is 37.6 Å². The fourth-order valence-electron chi connectivity index (χ4n) is 4.18. The number of carbonyl (C=O) groups is 3. The van der Waals surface area contributed by atoms with Gasteiger partial charge in [0.05, 0.1) is 30.1 Å². The molecule has 0 aliphatic carbocycles. The number of amides is 2. The highest BCUT2D eigenvalue weighted by Gasteiger charge is 2.42. The minimum Gasteiger partial charge on any atom is -0.491 e. The first-order chi connectivity index (χ1) is 19.4. The Balaban J connectivity index is 1.56. The van der Waals surface area contributed by atoms with E-state index in [1.165, 1.54) is 50.0 Å². The molecule has 14 heteroatoms. The normalized spacial score (nSPS) is 16.7. The van der Waals surface area contributed by atoms with Gasteiger partial charge in [0, 0.05) is 36.4 Å². The van der Waals surface area contributed by atoms with Crippen molar-refractivity contribution >= 4 is 41.1 Å². The number of methoxy groups -OCH3 is 1. The maximum absolute atomic E-state index is 14.5. The molecule has 41 heavy (non-hydrogen) atoms. The Hall–Kier alpha value is -4.52. The summed E-state index contributed by atoms with van der Waals surface area (Å²) in [4.78, 5) is 51.4. The van der Waals surface area contributed by atoms with Gasteiger partial charge in [0.25, 0.3) is 5.91 Å². The molecule has 1 aliphatic rings. The average molecular weight is 587 g/mol. The van der Waals surface area contributed by atoms with Crippen LogP contribution in [0.3, 0.4) is 0 Å². The van der Waals surface area contributed by atoms with E-state index in [2.05, 4.69) is 25.6 Å². The Bertz CT molecular complexity index is 1480. The number of nitrogens with one attached hydrogen (secondary N) is 2. The predicted molar refractivity (Wildman–Crippen MR) is 147 cm³/mol. The highest BCUT2D eigenvalue weighted by molar-refractivity contribution is 6.30. The number of benzene rings is 1. The van der Waals surface area contributed by atoms with Crippen molar-refractivity contribution in [2.24, 2.45) is 0 Å². The summed E-state index contributed by atoms with van der Waals surface area (Å²) in [5.41, 5.74) is -0.368. The summed E-state index contributed by atoms with van der Waals surface area (Å²) in [6.45, 7) is 4.96. The standard InChI is InChI=1S/C27H28ClFN6O6/c1-27(2,3)41-26(39)35-13-15(10-20(35)25(37)38)32-24(36)17-11-30-8-7-19(17)33-23-21(40-4)12-31-22(34-23)16-9-14(28)5-6-18(16)29/h5-9,11-12,15,20H,10,13H2,1-4H3,(H,32,36)(H,37,38)(H,30,31,33,34). The van der Waals surface area contributed by atoms with E-state index < -0.39 is 41.5 Å². The molecule has 2 unspecified atom stereocenters. The summed E-state index contributed by atoms with van der Waals surface area (Å²) >= 11 is 6.03. The van der Waals surface area contributed by atoms with E-state index in [0.29, 0.717) is 5.02 Å². The lowest BCUT2D eigenvalue weighted by Crippen LogP contribution is -2.44. The summed E-state index contributed by atoms with van der Waals surface area (Å²) in [5, 5.41) is 15.7. The second-order valence-electron chi connectivity index (χ2n) is 10.2. The lowest BCUT2D eigenvalue weighted by Gasteiger charge is -2.26. The maximum Gasteiger partial charge on any atom is 0.411 e. The van der Waals surface area contributed by atoms with E-state index in [1.54, 1.807) is 20.8 Å². The number of ether oxygens (including phenoxy) is 2. The lowest BCUT2D eigenvalue weighted by atomic mass is 10.1. The van der Waals surface area contributed by atoms with Crippen molar-refractivity contribution in [1.29, 1.82) is 0 Å². The van der Waals surface area contributed by atoms with Crippen LogP contribution < -0.4 is 15.4 Å². The molecule has 0 bridgehead atoms. The highest BCUT2D eigenvalue weighted by atomic mass is 35.5. The van der Waals surface area contributed by atoms with Crippen molar-refractivity contribution in [3.63, 3.8) is 0 Å². The van der Waals surface area contributed by atoms with Gasteiger partial charge in [-0.05, 0) is 45.0 Å². The molecule has 1 saturated heterocycles. The van der Waals surface area contributed by atoms with E-state index in [1.807, 2.05) is 0 Å². The molecule has 12 nitrogen and oxygen atoms in total. The molecule has 216 valence electrons. The minimum atomic E-state index is -1.21. The third kappa shape index (κ3) is 6.98. The first kappa shape index (κ1) is 29.5. The smallest absolute Gasteiger partial charge is 0.411 e. The zero-order valence-electron chi connectivity index (χ0n) is 22.6. The monoisotopic (exact) mass is 586 g/mol. The summed E-state index contributed by atoms with van der Waals surface area (Å²) in [6, 6.07) is 3.68. The number of pyridine rings is 1. The molecule has 2 atom stereocenters. The number of aromatic nitrogens is 3. The molecule has 2 amide bonds. The molecular weight excluding hydrogens is 559 g/mol. The van der Waals surface area contributed by atoms with Crippen molar-refractivity contribution in [2.45, 2.75) is 44.9 Å². The molecule has 1 fully saturated rings. The first-order valence-electron chi connectivity index (χ1n) is 12.5. The SMILES string of the molecule is COc1cnc(-c2cc(Cl)ccc2F)nc1Nc1ccncc1C(=O)NC1CC(C(=O)O)N(C(=O)OC(C)(C)C)C1. The van der Waals surface area contributed by atoms with Crippen molar-refractivity contribution in [1.82, 2.24) is 25.2 Å². The molecule has 0 spiro atoms. The Kier molecular flexibility index (Phi) is 8.57. The second-order valence-corrected chi connectivity index (χ2v) is 10.6. The van der Waals surface area contributed by atoms with Crippen LogP contribution in [-0.4, -0.2) is 74.3 Å². The second kappa shape index (κ2) is 11.9. The van der Waals surface area contributed by atoms with Crippen LogP contribution >= 0.6 is 11.6 Å². The van der Waals surface area contributed by atoms with Gasteiger partial charge in [-0.25, -0.2) is 23.9 Å². The largest absolute Gasteiger partial charge is 0.491 e. The number of aliphatic carboxylic acids is 1. The van der Waals surface area contributed by atoms with Crippen molar-refractivity contribution in [3.05, 3.63) is 59.3 Å². The fraction of sp³-hybridized carbons (Fsp3) is 0.333. The molecule has 3 aromatic rings. The first-order valence-corrected chi connectivity index (χ1v) is 12.8. The van der Waals surface area contributed by atoms with Gasteiger partial charge in [-0.15, -0.1) is 0 Å². The topological polar surface area (TPSA) is 156 Å². The van der Waals surface area contributed by atoms with Gasteiger partial charge >= 0.3 is 12.1 Å². The zero-order chi connectivity index (χ0) is 29.9. The van der Waals surface area contributed by atoms with Crippen LogP contribution in [0.5, 0.6) is 5.75 Å². The number of rotatable bonds is 7. The Morgan fingerprint density at radius 2 is 1.95 bits per heavy atom. The molecule has 1 aliphatic heterocycles. The van der Waals surface area contributed by atoms with Crippen LogP contribution in [0, 0.1) is 5.82 Å². The fourth-order valence-corrected chi connectivity index (χ4v) is 4.35. The van der Waals surface area contributed by atoms with E-state index in [-0.39, 0.29) is 47.2 Å². The molecular formula is C27H28ClFN6O6. The van der Waals surface area contributed by atoms with Crippen LogP contribution in [-0.2, 0) is 9.53 Å². The van der Waals surface area contributed by atoms with Crippen molar-refractivity contribution in [2.75, 3.05) is 19.0 Å². The molecule has 2 aromatic heterocycles. The van der Waals surface area contributed by atoms with Crippen LogP contribution in [0.2, 0.25) is 5.02 Å². The lowest BCUT2D eigenvalue weighted by molar-refractivity contribution is -0.142. The third-order valence-corrected chi connectivity index (χ3v) is 6.25. The summed E-state index contributed by atoms with van der Waals surface area (Å²) in [7, 11) is 1.40. The van der Waals surface area contributed by atoms with Gasteiger partial charge in [0.1, 0.15) is 17.5 Å². The average Bonchev–Trinajstić information content (AvgIpc) is 3.34. The van der Waals surface area contributed by atoms with Gasteiger partial charge in [-0.3, -0.25) is 14.7 Å². The Morgan fingerprint density at radius 1 is 1.20 bits per heavy atom. The molecule has 0 radical (unpaired) electrons. The van der Waals surface area contributed by atoms with Crippen LogP contribution in [0.25, 0.3) is 11.4 Å². The van der Waals surface area contributed by atoms with E-state index in [4.69, 9.17) is 21.1 Å². The molecule has 1 aromatic carbocycles. The molecule has 0 saturated carbocycles. The van der Waals surface area contributed by atoms with Crippen LogP contribution in [0.4, 0.5) is 20.7 Å². The number of halogens is 2. The summed E-state index contributed by atoms with van der Waals surface area (Å²) in [6.07, 6.45) is 3.32. The quantitative estimate of drug-likeness (QED) is 0.365. The number of carbonyl (C=O) groups excluding carboxylic acids is 2. The van der Waals surface area contributed by atoms with Crippen molar-refractivity contribution in [3.8, 4) is 17.1 Å². The number of likely N-dealkylation sites (tertiary alicyclic amines) is 1. The van der Waals surface area contributed by atoms with Gasteiger partial charge in [0.15, 0.2) is 17.4 Å². The zero-order valence-corrected chi connectivity index (χ0v) is 23.4. The van der Waals surface area contributed by atoms with Gasteiger partial charge in [-0.2, -0.15) is 0 Å². The van der Waals surface area contributed by atoms with E-state index >= 15 is 0 Å². The minimum absolute atomic E-state index is 0.0162. The summed E-state index contributed by atoms with van der Waals surface area (Å²) < 4.78 is 25.2. The number of nitrogens with zero attached hydrogens (tertiary/aromatic N) is 4. The van der Waals surface area contributed by atoms with E-state index in [9.17, 15) is 23.9 Å². The number of carboxylic acid groups (broad SMARTS) is 1. The Morgan fingerprint density at radius 3 is 2.63 bits per heavy atom. The number of hydrogen-bond acceptors (Lipinski definition) is 9. The number of anilines is 2. The van der Waals surface area contributed by atoms with Gasteiger partial charge < -0.3 is 25.2 Å². The van der Waals surface area contributed by atoms with Crippen LogP contribution in [0.15, 0.2) is 42.9 Å². The summed E-state index contributed by atoms with van der Waals surface area (Å²) in [5.74, 6) is -1.98. The van der Waals surface area contributed by atoms with Gasteiger partial charge in [-0.1, -0.05) is 11.6 Å². The highest BCUT2D eigenvalue weighted by Crippen LogP contribution is 2.31. The van der Waals surface area contributed by atoms with Gasteiger partial charge in [0.2, 0.25) is 0 Å². The molecule has 3 N–H and O–H groups in total. The number of carboxylic acids is 1. The predicted octanol–water partition coefficient (Wildman–Crippen LogP) is 4.28. The number of hydrogen-bond donors (Lipinski definition) is 3.